The van der Waals surface area contributed by atoms with E-state index in [1.54, 1.807) is 24.2 Å². The van der Waals surface area contributed by atoms with Crippen LogP contribution in [-0.4, -0.2) is 28.1 Å². The first-order chi connectivity index (χ1) is 10.7. The summed E-state index contributed by atoms with van der Waals surface area (Å²) in [6.07, 6.45) is 3.51. The van der Waals surface area contributed by atoms with Crippen molar-refractivity contribution in [1.82, 2.24) is 19.7 Å². The van der Waals surface area contributed by atoms with E-state index in [0.29, 0.717) is 6.61 Å². The molecule has 126 valence electrons. The van der Waals surface area contributed by atoms with Crippen molar-refractivity contribution in [1.29, 1.82) is 0 Å². The van der Waals surface area contributed by atoms with E-state index in [1.165, 1.54) is 0 Å². The van der Waals surface area contributed by atoms with Crippen molar-refractivity contribution in [2.24, 2.45) is 7.05 Å². The quantitative estimate of drug-likeness (QED) is 0.447. The van der Waals surface area contributed by atoms with E-state index in [9.17, 15) is 0 Å². The molecule has 2 heterocycles. The third kappa shape index (κ3) is 4.89. The highest BCUT2D eigenvalue weighted by molar-refractivity contribution is 7.98. The predicted octanol–water partition coefficient (Wildman–Crippen LogP) is 4.02. The number of hydrogen-bond donors (Lipinski definition) is 0. The van der Waals surface area contributed by atoms with Gasteiger partial charge < -0.3 is 4.43 Å². The van der Waals surface area contributed by atoms with Crippen molar-refractivity contribution in [2.45, 2.75) is 56.4 Å². The average molecular weight is 351 g/mol. The largest absolute Gasteiger partial charge is 0.411 e. The molecule has 0 aliphatic rings. The molecule has 2 rings (SSSR count). The lowest BCUT2D eigenvalue weighted by atomic mass is 10.2. The lowest BCUT2D eigenvalue weighted by molar-refractivity contribution is 0.266. The molecule has 0 aliphatic heterocycles. The lowest BCUT2D eigenvalue weighted by Crippen LogP contribution is -2.40. The van der Waals surface area contributed by atoms with Gasteiger partial charge in [-0.1, -0.05) is 32.5 Å². The minimum atomic E-state index is -1.74. The molecular formula is C16H26N4OSSi. The van der Waals surface area contributed by atoms with Gasteiger partial charge in [-0.05, 0) is 30.3 Å². The normalized spacial score (nSPS) is 12.6. The molecule has 0 saturated carbocycles. The third-order valence-electron chi connectivity index (χ3n) is 4.31. The minimum absolute atomic E-state index is 0.217. The molecule has 7 heteroatoms. The Balaban J connectivity index is 1.96. The number of thioether (sulfide) groups is 1. The molecule has 0 bridgehead atoms. The Morgan fingerprint density at radius 3 is 2.48 bits per heavy atom. The fraction of sp³-hybridized carbons (Fsp3) is 0.562. The topological polar surface area (TPSA) is 52.8 Å². The molecule has 0 spiro atoms. The summed E-state index contributed by atoms with van der Waals surface area (Å²) in [6, 6.07) is 3.93. The van der Waals surface area contributed by atoms with Crippen molar-refractivity contribution < 1.29 is 4.43 Å². The van der Waals surface area contributed by atoms with Gasteiger partial charge in [0, 0.05) is 25.2 Å². The van der Waals surface area contributed by atoms with Gasteiger partial charge in [-0.25, -0.2) is 9.97 Å². The summed E-state index contributed by atoms with van der Waals surface area (Å²) < 4.78 is 8.20. The second kappa shape index (κ2) is 7.15. The van der Waals surface area contributed by atoms with Crippen LogP contribution in [0.25, 0.3) is 0 Å². The first-order valence-corrected chi connectivity index (χ1v) is 11.6. The van der Waals surface area contributed by atoms with Gasteiger partial charge in [-0.3, -0.25) is 4.68 Å². The van der Waals surface area contributed by atoms with Crippen molar-refractivity contribution in [2.75, 3.05) is 0 Å². The standard InChI is InChI=1S/C16H26N4OSSi/c1-16(2,3)23(5,6)21-11-14-10-13(19-20(14)4)12-22-15-17-8-7-9-18-15/h7-10H,11-12H2,1-6H3. The molecule has 0 fully saturated rings. The third-order valence-corrected chi connectivity index (χ3v) is 9.69. The Hall–Kier alpha value is -1.18. The Bertz CT molecular complexity index is 637. The molecule has 2 aromatic heterocycles. The van der Waals surface area contributed by atoms with Gasteiger partial charge in [0.25, 0.3) is 0 Å². The van der Waals surface area contributed by atoms with Crippen LogP contribution in [0, 0.1) is 0 Å². The molecule has 0 atom stereocenters. The number of aromatic nitrogens is 4. The van der Waals surface area contributed by atoms with E-state index in [4.69, 9.17) is 4.43 Å². The second-order valence-electron chi connectivity index (χ2n) is 7.12. The molecule has 0 N–H and O–H groups in total. The summed E-state index contributed by atoms with van der Waals surface area (Å²) in [4.78, 5) is 8.43. The van der Waals surface area contributed by atoms with E-state index in [-0.39, 0.29) is 5.04 Å². The molecule has 0 unspecified atom stereocenters. The summed E-state index contributed by atoms with van der Waals surface area (Å²) >= 11 is 1.59. The number of hydrogen-bond acceptors (Lipinski definition) is 5. The van der Waals surface area contributed by atoms with Gasteiger partial charge in [-0.15, -0.1) is 0 Å². The Kier molecular flexibility index (Phi) is 5.64. The summed E-state index contributed by atoms with van der Waals surface area (Å²) in [7, 11) is 0.231. The van der Waals surface area contributed by atoms with Gasteiger partial charge in [0.2, 0.25) is 0 Å². The fourth-order valence-electron chi connectivity index (χ4n) is 1.75. The van der Waals surface area contributed by atoms with Crippen molar-refractivity contribution in [3.63, 3.8) is 0 Å². The predicted molar refractivity (Wildman–Crippen MR) is 96.8 cm³/mol. The molecule has 0 radical (unpaired) electrons. The van der Waals surface area contributed by atoms with Crippen LogP contribution in [-0.2, 0) is 23.8 Å². The number of aryl methyl sites for hydroxylation is 1. The lowest BCUT2D eigenvalue weighted by Gasteiger charge is -2.36. The van der Waals surface area contributed by atoms with E-state index in [1.807, 2.05) is 17.8 Å². The van der Waals surface area contributed by atoms with Crippen molar-refractivity contribution >= 4 is 20.1 Å². The van der Waals surface area contributed by atoms with Crippen molar-refractivity contribution in [3.05, 3.63) is 35.9 Å². The Labute approximate surface area is 144 Å². The molecule has 0 amide bonds. The van der Waals surface area contributed by atoms with Crippen LogP contribution in [0.2, 0.25) is 18.1 Å². The van der Waals surface area contributed by atoms with Crippen LogP contribution in [0.4, 0.5) is 0 Å². The van der Waals surface area contributed by atoms with E-state index in [0.717, 1.165) is 22.3 Å². The van der Waals surface area contributed by atoms with Crippen LogP contribution in [0.5, 0.6) is 0 Å². The van der Waals surface area contributed by atoms with E-state index < -0.39 is 8.32 Å². The maximum absolute atomic E-state index is 6.28. The molecule has 5 nitrogen and oxygen atoms in total. The van der Waals surface area contributed by atoms with E-state index in [2.05, 4.69) is 55.0 Å². The molecule has 23 heavy (non-hydrogen) atoms. The first kappa shape index (κ1) is 18.2. The molecule has 0 aliphatic carbocycles. The second-order valence-corrected chi connectivity index (χ2v) is 12.9. The highest BCUT2D eigenvalue weighted by atomic mass is 32.2. The fourth-order valence-corrected chi connectivity index (χ4v) is 3.38. The zero-order chi connectivity index (χ0) is 17.1. The zero-order valence-corrected chi connectivity index (χ0v) is 16.6. The summed E-state index contributed by atoms with van der Waals surface area (Å²) in [5.41, 5.74) is 2.14. The highest BCUT2D eigenvalue weighted by Gasteiger charge is 2.37. The zero-order valence-electron chi connectivity index (χ0n) is 14.8. The molecule has 0 saturated heterocycles. The van der Waals surface area contributed by atoms with Crippen LogP contribution < -0.4 is 0 Å². The van der Waals surface area contributed by atoms with Crippen LogP contribution >= 0.6 is 11.8 Å². The van der Waals surface area contributed by atoms with Gasteiger partial charge in [0.05, 0.1) is 18.0 Å². The number of nitrogens with zero attached hydrogens (tertiary/aromatic N) is 4. The summed E-state index contributed by atoms with van der Waals surface area (Å²) in [5, 5.41) is 5.56. The van der Waals surface area contributed by atoms with Gasteiger partial charge in [-0.2, -0.15) is 5.10 Å². The Morgan fingerprint density at radius 1 is 1.22 bits per heavy atom. The average Bonchev–Trinajstić information content (AvgIpc) is 2.83. The summed E-state index contributed by atoms with van der Waals surface area (Å²) in [6.45, 7) is 11.9. The smallest absolute Gasteiger partial charge is 0.192 e. The summed E-state index contributed by atoms with van der Waals surface area (Å²) in [5.74, 6) is 0.762. The molecular weight excluding hydrogens is 324 g/mol. The Morgan fingerprint density at radius 2 is 1.87 bits per heavy atom. The SMILES string of the molecule is Cn1nc(CSc2ncccn2)cc1CO[Si](C)(C)C(C)(C)C. The van der Waals surface area contributed by atoms with Crippen LogP contribution in [0.1, 0.15) is 32.2 Å². The van der Waals surface area contributed by atoms with E-state index >= 15 is 0 Å². The van der Waals surface area contributed by atoms with Gasteiger partial charge in [0.15, 0.2) is 13.5 Å². The minimum Gasteiger partial charge on any atom is -0.411 e. The van der Waals surface area contributed by atoms with Gasteiger partial charge >= 0.3 is 0 Å². The first-order valence-electron chi connectivity index (χ1n) is 7.74. The van der Waals surface area contributed by atoms with Crippen LogP contribution in [0.15, 0.2) is 29.7 Å². The number of rotatable bonds is 6. The maximum Gasteiger partial charge on any atom is 0.192 e. The van der Waals surface area contributed by atoms with Crippen LogP contribution in [0.3, 0.4) is 0 Å². The van der Waals surface area contributed by atoms with Crippen molar-refractivity contribution in [3.8, 4) is 0 Å². The molecule has 2 aromatic rings. The monoisotopic (exact) mass is 350 g/mol. The highest BCUT2D eigenvalue weighted by Crippen LogP contribution is 2.37. The maximum atomic E-state index is 6.28. The van der Waals surface area contributed by atoms with Gasteiger partial charge in [0.1, 0.15) is 0 Å². The molecule has 0 aromatic carbocycles.